The van der Waals surface area contributed by atoms with Crippen molar-refractivity contribution in [1.82, 2.24) is 34.2 Å². The number of nitrogens with one attached hydrogen (secondary N) is 2. The maximum Gasteiger partial charge on any atom is 0.220 e. The highest BCUT2D eigenvalue weighted by molar-refractivity contribution is 7.90. The molecule has 5 rings (SSSR count). The lowest BCUT2D eigenvalue weighted by molar-refractivity contribution is -0.129. The van der Waals surface area contributed by atoms with Crippen LogP contribution in [0.25, 0.3) is 16.8 Å². The van der Waals surface area contributed by atoms with Gasteiger partial charge < -0.3 is 9.88 Å². The van der Waals surface area contributed by atoms with Gasteiger partial charge in [0.25, 0.3) is 0 Å². The van der Waals surface area contributed by atoms with E-state index in [1.807, 2.05) is 10.5 Å². The minimum absolute atomic E-state index is 0.121. The van der Waals surface area contributed by atoms with E-state index in [9.17, 15) is 13.2 Å². The molecule has 4 heterocycles. The molecule has 2 atom stereocenters. The Bertz CT molecular complexity index is 1150. The zero-order valence-corrected chi connectivity index (χ0v) is 15.5. The maximum absolute atomic E-state index is 12.3. The summed E-state index contributed by atoms with van der Waals surface area (Å²) in [4.78, 5) is 21.2. The number of amides is 1. The fourth-order valence-electron chi connectivity index (χ4n) is 3.83. The summed E-state index contributed by atoms with van der Waals surface area (Å²) >= 11 is 0. The van der Waals surface area contributed by atoms with Gasteiger partial charge in [0.05, 0.1) is 23.0 Å². The monoisotopic (exact) mass is 389 g/mol. The molecule has 0 radical (unpaired) electrons. The van der Waals surface area contributed by atoms with Crippen LogP contribution in [-0.2, 0) is 14.8 Å². The number of hydrogen-bond donors (Lipinski definition) is 2. The van der Waals surface area contributed by atoms with Gasteiger partial charge in [-0.3, -0.25) is 9.20 Å². The Labute approximate surface area is 155 Å². The number of aromatic amines is 1. The predicted molar refractivity (Wildman–Crippen MR) is 96.2 cm³/mol. The van der Waals surface area contributed by atoms with Gasteiger partial charge in [0.15, 0.2) is 17.1 Å². The first-order chi connectivity index (χ1) is 12.9. The molecule has 11 heteroatoms. The molecule has 1 aliphatic heterocycles. The van der Waals surface area contributed by atoms with Crippen LogP contribution in [0.2, 0.25) is 0 Å². The van der Waals surface area contributed by atoms with Gasteiger partial charge in [0, 0.05) is 25.7 Å². The third-order valence-corrected chi connectivity index (χ3v) is 7.28. The lowest BCUT2D eigenvalue weighted by Gasteiger charge is -2.21. The van der Waals surface area contributed by atoms with E-state index < -0.39 is 10.0 Å². The van der Waals surface area contributed by atoms with Gasteiger partial charge >= 0.3 is 0 Å². The Morgan fingerprint density at radius 1 is 1.33 bits per heavy atom. The maximum atomic E-state index is 12.3. The number of likely N-dealkylation sites (tertiary alicyclic amines) is 1. The number of hydrogen-bond acceptors (Lipinski definition) is 6. The first-order valence-electron chi connectivity index (χ1n) is 8.89. The minimum atomic E-state index is -3.33. The second kappa shape index (κ2) is 5.73. The Morgan fingerprint density at radius 3 is 2.89 bits per heavy atom. The van der Waals surface area contributed by atoms with Gasteiger partial charge in [-0.15, -0.1) is 10.2 Å². The summed E-state index contributed by atoms with van der Waals surface area (Å²) in [6, 6.07) is 1.19. The Kier molecular flexibility index (Phi) is 3.53. The van der Waals surface area contributed by atoms with Crippen molar-refractivity contribution < 1.29 is 13.2 Å². The fraction of sp³-hybridized carbons (Fsp3) is 0.500. The first kappa shape index (κ1) is 16.6. The van der Waals surface area contributed by atoms with Crippen molar-refractivity contribution in [3.8, 4) is 0 Å². The SMILES string of the molecule is CC(=O)N1CC(NS(=O)(=O)C2CC2)CC1c1nnc2cnc3[nH]ccc3n12. The summed E-state index contributed by atoms with van der Waals surface area (Å²) in [5, 5.41) is 8.20. The van der Waals surface area contributed by atoms with Crippen LogP contribution >= 0.6 is 0 Å². The third-order valence-electron chi connectivity index (χ3n) is 5.26. The van der Waals surface area contributed by atoms with Crippen molar-refractivity contribution in [3.05, 3.63) is 24.3 Å². The molecule has 142 valence electrons. The van der Waals surface area contributed by atoms with Crippen molar-refractivity contribution >= 4 is 32.7 Å². The highest BCUT2D eigenvalue weighted by atomic mass is 32.2. The molecule has 0 spiro atoms. The molecule has 1 saturated carbocycles. The van der Waals surface area contributed by atoms with E-state index in [0.717, 1.165) is 5.52 Å². The first-order valence-corrected chi connectivity index (χ1v) is 10.4. The minimum Gasteiger partial charge on any atom is -0.345 e. The Morgan fingerprint density at radius 2 is 2.15 bits per heavy atom. The summed E-state index contributed by atoms with van der Waals surface area (Å²) in [5.74, 6) is 0.490. The van der Waals surface area contributed by atoms with Gasteiger partial charge in [-0.2, -0.15) is 0 Å². The average molecular weight is 389 g/mol. The Balaban J connectivity index is 1.54. The second-order valence-corrected chi connectivity index (χ2v) is 9.20. The van der Waals surface area contributed by atoms with E-state index in [1.165, 1.54) is 6.92 Å². The molecule has 27 heavy (non-hydrogen) atoms. The molecule has 0 aromatic carbocycles. The van der Waals surface area contributed by atoms with Crippen LogP contribution in [0.1, 0.15) is 38.1 Å². The number of carbonyl (C=O) groups excluding carboxylic acids is 1. The number of rotatable bonds is 4. The zero-order valence-electron chi connectivity index (χ0n) is 14.7. The van der Waals surface area contributed by atoms with Crippen LogP contribution in [-0.4, -0.2) is 61.6 Å². The van der Waals surface area contributed by atoms with Gasteiger partial charge in [0.1, 0.15) is 0 Å². The van der Waals surface area contributed by atoms with Gasteiger partial charge in [0.2, 0.25) is 15.9 Å². The molecule has 1 saturated heterocycles. The van der Waals surface area contributed by atoms with E-state index >= 15 is 0 Å². The van der Waals surface area contributed by atoms with Crippen LogP contribution in [0.15, 0.2) is 18.5 Å². The standard InChI is InChI=1S/C16H19N7O3S/c1-9(24)22-8-10(21-27(25,26)11-2-3-11)6-13(22)16-20-19-14-7-18-15-12(23(14)16)4-5-17-15/h4-5,7,10-11,13,17,21H,2-3,6,8H2,1H3. The lowest BCUT2D eigenvalue weighted by Crippen LogP contribution is -2.39. The van der Waals surface area contributed by atoms with Crippen LogP contribution < -0.4 is 4.72 Å². The summed E-state index contributed by atoms with van der Waals surface area (Å²) in [6.45, 7) is 1.81. The molecular weight excluding hydrogens is 370 g/mol. The van der Waals surface area contributed by atoms with E-state index in [0.29, 0.717) is 42.9 Å². The molecule has 2 aliphatic rings. The summed E-state index contributed by atoms with van der Waals surface area (Å²) in [5.41, 5.74) is 2.10. The lowest BCUT2D eigenvalue weighted by atomic mass is 10.1. The number of aromatic nitrogens is 5. The smallest absolute Gasteiger partial charge is 0.220 e. The van der Waals surface area contributed by atoms with Crippen molar-refractivity contribution in [1.29, 1.82) is 0 Å². The molecule has 1 aliphatic carbocycles. The summed E-state index contributed by atoms with van der Waals surface area (Å²) in [6.07, 6.45) is 5.27. The molecule has 3 aromatic heterocycles. The number of carbonyl (C=O) groups is 1. The fourth-order valence-corrected chi connectivity index (χ4v) is 5.42. The molecule has 1 amide bonds. The number of fused-ring (bicyclic) bond motifs is 3. The largest absolute Gasteiger partial charge is 0.345 e. The highest BCUT2D eigenvalue weighted by Crippen LogP contribution is 2.34. The Hall–Kier alpha value is -2.53. The molecule has 0 bridgehead atoms. The molecule has 2 N–H and O–H groups in total. The highest BCUT2D eigenvalue weighted by Gasteiger charge is 2.42. The van der Waals surface area contributed by atoms with Crippen LogP contribution in [0, 0.1) is 0 Å². The molecule has 2 unspecified atom stereocenters. The topological polar surface area (TPSA) is 125 Å². The number of H-pyrrole nitrogens is 1. The van der Waals surface area contributed by atoms with Crippen molar-refractivity contribution in [2.24, 2.45) is 0 Å². The van der Waals surface area contributed by atoms with Gasteiger partial charge in [-0.05, 0) is 25.3 Å². The molecular formula is C16H19N7O3S. The van der Waals surface area contributed by atoms with Crippen molar-refractivity contribution in [3.63, 3.8) is 0 Å². The normalized spacial score (nSPS) is 23.5. The third kappa shape index (κ3) is 2.69. The van der Waals surface area contributed by atoms with Crippen LogP contribution in [0.5, 0.6) is 0 Å². The van der Waals surface area contributed by atoms with Crippen molar-refractivity contribution in [2.75, 3.05) is 6.54 Å². The van der Waals surface area contributed by atoms with Gasteiger partial charge in [-0.1, -0.05) is 0 Å². The van der Waals surface area contributed by atoms with E-state index in [1.54, 1.807) is 17.3 Å². The average Bonchev–Trinajstić information content (AvgIpc) is 3.05. The number of sulfonamides is 1. The molecule has 2 fully saturated rings. The zero-order chi connectivity index (χ0) is 18.8. The van der Waals surface area contributed by atoms with Gasteiger partial charge in [-0.25, -0.2) is 18.1 Å². The quantitative estimate of drug-likeness (QED) is 0.663. The summed E-state index contributed by atoms with van der Waals surface area (Å²) in [7, 11) is -3.33. The number of nitrogens with zero attached hydrogens (tertiary/aromatic N) is 5. The summed E-state index contributed by atoms with van der Waals surface area (Å²) < 4.78 is 29.3. The van der Waals surface area contributed by atoms with Crippen LogP contribution in [0.4, 0.5) is 0 Å². The van der Waals surface area contributed by atoms with E-state index in [4.69, 9.17) is 0 Å². The molecule has 3 aromatic rings. The second-order valence-electron chi connectivity index (χ2n) is 7.20. The van der Waals surface area contributed by atoms with E-state index in [2.05, 4.69) is 24.9 Å². The molecule has 10 nitrogen and oxygen atoms in total. The predicted octanol–water partition coefficient (Wildman–Crippen LogP) is 0.349. The van der Waals surface area contributed by atoms with E-state index in [-0.39, 0.29) is 23.2 Å². The van der Waals surface area contributed by atoms with Crippen molar-refractivity contribution in [2.45, 2.75) is 43.5 Å². The van der Waals surface area contributed by atoms with Crippen LogP contribution in [0.3, 0.4) is 0 Å².